The van der Waals surface area contributed by atoms with Crippen molar-refractivity contribution in [3.05, 3.63) is 57.7 Å². The molecule has 1 aromatic carbocycles. The summed E-state index contributed by atoms with van der Waals surface area (Å²) in [6.45, 7) is 3.88. The average molecular weight is 390 g/mol. The Morgan fingerprint density at radius 1 is 1.22 bits per heavy atom. The van der Waals surface area contributed by atoms with E-state index in [0.717, 1.165) is 26.9 Å². The van der Waals surface area contributed by atoms with E-state index in [1.807, 2.05) is 44.2 Å². The molecule has 1 aromatic heterocycles. The third-order valence-electron chi connectivity index (χ3n) is 3.84. The van der Waals surface area contributed by atoms with Crippen molar-refractivity contribution < 1.29 is 4.74 Å². The number of thiocarbonyl (C=S) groups is 1. The minimum atomic E-state index is -0.755. The Morgan fingerprint density at radius 2 is 2.00 bits per heavy atom. The van der Waals surface area contributed by atoms with Crippen molar-refractivity contribution in [2.75, 3.05) is 7.11 Å². The van der Waals surface area contributed by atoms with Crippen molar-refractivity contribution >= 4 is 38.8 Å². The lowest BCUT2D eigenvalue weighted by atomic mass is 9.92. The molecule has 1 unspecified atom stereocenters. The van der Waals surface area contributed by atoms with Crippen LogP contribution in [0.1, 0.15) is 23.6 Å². The van der Waals surface area contributed by atoms with Gasteiger partial charge in [0.05, 0.1) is 12.8 Å². The first-order valence-corrected chi connectivity index (χ1v) is 8.32. The lowest BCUT2D eigenvalue weighted by Crippen LogP contribution is -2.40. The predicted octanol–water partition coefficient (Wildman–Crippen LogP) is 3.75. The summed E-state index contributed by atoms with van der Waals surface area (Å²) in [5, 5.41) is 3.37. The van der Waals surface area contributed by atoms with E-state index in [9.17, 15) is 0 Å². The van der Waals surface area contributed by atoms with Crippen molar-refractivity contribution in [2.45, 2.75) is 19.5 Å². The van der Waals surface area contributed by atoms with Gasteiger partial charge in [-0.15, -0.1) is 0 Å². The molecule has 1 N–H and O–H groups in total. The molecule has 0 saturated carbocycles. The second kappa shape index (κ2) is 6.02. The molecule has 1 aliphatic heterocycles. The quantitative estimate of drug-likeness (QED) is 0.811. The minimum absolute atomic E-state index is 0.611. The third-order valence-corrected chi connectivity index (χ3v) is 4.73. The number of methoxy groups -OCH3 is 1. The number of hydrogen-bond donors (Lipinski definition) is 1. The highest BCUT2D eigenvalue weighted by Crippen LogP contribution is 2.36. The Bertz CT molecular complexity index is 821. The zero-order valence-electron chi connectivity index (χ0n) is 13.1. The molecule has 0 saturated heterocycles. The fourth-order valence-corrected chi connectivity index (χ4v) is 3.31. The number of rotatable bonds is 3. The van der Waals surface area contributed by atoms with Crippen molar-refractivity contribution in [1.29, 1.82) is 0 Å². The number of ether oxygens (including phenoxy) is 1. The number of benzene rings is 1. The maximum absolute atomic E-state index is 5.41. The molecule has 0 fully saturated rings. The molecule has 0 amide bonds. The molecule has 6 heteroatoms. The van der Waals surface area contributed by atoms with E-state index in [0.29, 0.717) is 10.9 Å². The number of halogens is 1. The molecular weight excluding hydrogens is 374 g/mol. The van der Waals surface area contributed by atoms with Gasteiger partial charge in [0.15, 0.2) is 5.66 Å². The number of nitrogens with zero attached hydrogens (tertiary/aromatic N) is 2. The van der Waals surface area contributed by atoms with E-state index in [1.54, 1.807) is 13.3 Å². The van der Waals surface area contributed by atoms with Crippen LogP contribution in [-0.2, 0) is 5.66 Å². The van der Waals surface area contributed by atoms with Gasteiger partial charge in [-0.05, 0) is 32.0 Å². The van der Waals surface area contributed by atoms with Crippen molar-refractivity contribution in [3.63, 3.8) is 0 Å². The van der Waals surface area contributed by atoms with Gasteiger partial charge in [-0.2, -0.15) is 0 Å². The molecule has 0 bridgehead atoms. The first-order valence-electron chi connectivity index (χ1n) is 7.12. The topological polar surface area (TPSA) is 46.5 Å². The standard InChI is InChI=1S/C17H16BrN3OS/c1-10-7-13(9-19-15(10)22-3)17(20-11(2)16(23)21-17)12-5-4-6-14(18)8-12/h4-9H,1-3H3,(H,21,23). The average Bonchev–Trinajstić information content (AvgIpc) is 2.84. The Labute approximate surface area is 149 Å². The monoisotopic (exact) mass is 389 g/mol. The molecule has 0 spiro atoms. The van der Waals surface area contributed by atoms with E-state index >= 15 is 0 Å². The fraction of sp³-hybridized carbons (Fsp3) is 0.235. The molecule has 1 atom stereocenters. The zero-order chi connectivity index (χ0) is 16.6. The highest BCUT2D eigenvalue weighted by atomic mass is 79.9. The van der Waals surface area contributed by atoms with Crippen LogP contribution in [0.4, 0.5) is 0 Å². The lowest BCUT2D eigenvalue weighted by molar-refractivity contribution is 0.393. The number of aromatic nitrogens is 1. The van der Waals surface area contributed by atoms with Crippen LogP contribution in [0.3, 0.4) is 0 Å². The smallest absolute Gasteiger partial charge is 0.215 e. The Morgan fingerprint density at radius 3 is 2.57 bits per heavy atom. The van der Waals surface area contributed by atoms with Gasteiger partial charge in [0.25, 0.3) is 0 Å². The third kappa shape index (κ3) is 2.77. The number of nitrogens with one attached hydrogen (secondary N) is 1. The summed E-state index contributed by atoms with van der Waals surface area (Å²) in [6.07, 6.45) is 1.78. The van der Waals surface area contributed by atoms with Crippen LogP contribution >= 0.6 is 28.1 Å². The van der Waals surface area contributed by atoms with E-state index in [2.05, 4.69) is 26.2 Å². The highest BCUT2D eigenvalue weighted by molar-refractivity contribution is 9.10. The minimum Gasteiger partial charge on any atom is -0.481 e. The molecule has 2 heterocycles. The largest absolute Gasteiger partial charge is 0.481 e. The molecule has 4 nitrogen and oxygen atoms in total. The van der Waals surface area contributed by atoms with Gasteiger partial charge < -0.3 is 10.1 Å². The summed E-state index contributed by atoms with van der Waals surface area (Å²) in [5.41, 5.74) is 2.93. The molecule has 2 aromatic rings. The first kappa shape index (κ1) is 16.1. The van der Waals surface area contributed by atoms with Crippen LogP contribution in [0, 0.1) is 6.92 Å². The summed E-state index contributed by atoms with van der Waals surface area (Å²) in [7, 11) is 1.62. The molecule has 0 aliphatic carbocycles. The van der Waals surface area contributed by atoms with Crippen LogP contribution in [0.15, 0.2) is 46.0 Å². The van der Waals surface area contributed by atoms with Gasteiger partial charge in [-0.25, -0.2) is 9.98 Å². The second-order valence-electron chi connectivity index (χ2n) is 5.42. The summed E-state index contributed by atoms with van der Waals surface area (Å²) in [4.78, 5) is 9.89. The Kier molecular flexibility index (Phi) is 4.21. The van der Waals surface area contributed by atoms with E-state index in [-0.39, 0.29) is 0 Å². The summed E-state index contributed by atoms with van der Waals surface area (Å²) >= 11 is 8.93. The van der Waals surface area contributed by atoms with Gasteiger partial charge >= 0.3 is 0 Å². The highest BCUT2D eigenvalue weighted by Gasteiger charge is 2.40. The normalized spacial score (nSPS) is 20.2. The van der Waals surface area contributed by atoms with Gasteiger partial charge in [0.1, 0.15) is 4.99 Å². The van der Waals surface area contributed by atoms with Crippen LogP contribution in [0.5, 0.6) is 5.88 Å². The van der Waals surface area contributed by atoms with Gasteiger partial charge in [0, 0.05) is 27.4 Å². The van der Waals surface area contributed by atoms with Gasteiger partial charge in [-0.1, -0.05) is 40.3 Å². The molecule has 23 heavy (non-hydrogen) atoms. The van der Waals surface area contributed by atoms with Crippen molar-refractivity contribution in [1.82, 2.24) is 10.3 Å². The molecular formula is C17H16BrN3OS. The fourth-order valence-electron chi connectivity index (χ4n) is 2.71. The van der Waals surface area contributed by atoms with E-state index in [4.69, 9.17) is 21.9 Å². The maximum atomic E-state index is 5.41. The van der Waals surface area contributed by atoms with Crippen LogP contribution in [-0.4, -0.2) is 22.8 Å². The summed E-state index contributed by atoms with van der Waals surface area (Å²) in [5.74, 6) is 0.611. The van der Waals surface area contributed by atoms with E-state index in [1.165, 1.54) is 0 Å². The van der Waals surface area contributed by atoms with Crippen molar-refractivity contribution in [2.24, 2.45) is 4.99 Å². The number of aryl methyl sites for hydroxylation is 1. The van der Waals surface area contributed by atoms with Crippen molar-refractivity contribution in [3.8, 4) is 5.88 Å². The van der Waals surface area contributed by atoms with Crippen LogP contribution < -0.4 is 10.1 Å². The molecule has 0 radical (unpaired) electrons. The van der Waals surface area contributed by atoms with E-state index < -0.39 is 5.66 Å². The molecule has 118 valence electrons. The number of aliphatic imine (C=N–C) groups is 1. The number of pyridine rings is 1. The first-order chi connectivity index (χ1) is 11.0. The Balaban J connectivity index is 2.22. The maximum Gasteiger partial charge on any atom is 0.215 e. The number of hydrogen-bond acceptors (Lipinski definition) is 4. The summed E-state index contributed by atoms with van der Waals surface area (Å²) < 4.78 is 6.25. The summed E-state index contributed by atoms with van der Waals surface area (Å²) in [6, 6.07) is 10.1. The molecule has 1 aliphatic rings. The predicted molar refractivity (Wildman–Crippen MR) is 99.3 cm³/mol. The van der Waals surface area contributed by atoms with Gasteiger partial charge in [0.2, 0.25) is 5.88 Å². The van der Waals surface area contributed by atoms with Crippen LogP contribution in [0.2, 0.25) is 0 Å². The van der Waals surface area contributed by atoms with Crippen LogP contribution in [0.25, 0.3) is 0 Å². The second-order valence-corrected chi connectivity index (χ2v) is 6.75. The zero-order valence-corrected chi connectivity index (χ0v) is 15.5. The Hall–Kier alpha value is -1.79. The SMILES string of the molecule is COc1ncc(C2(c3cccc(Br)c3)N=C(C)C(=S)N2)cc1C. The molecule has 3 rings (SSSR count). The lowest BCUT2D eigenvalue weighted by Gasteiger charge is -2.28. The van der Waals surface area contributed by atoms with Gasteiger partial charge in [-0.3, -0.25) is 0 Å².